The Morgan fingerprint density at radius 2 is 1.57 bits per heavy atom. The number of hydrogen-bond acceptors (Lipinski definition) is 7. The molecule has 0 heterocycles. The van der Waals surface area contributed by atoms with Gasteiger partial charge in [0, 0.05) is 24.5 Å². The number of carbonyl (C=O) groups is 3. The van der Waals surface area contributed by atoms with Gasteiger partial charge >= 0.3 is 11.9 Å². The van der Waals surface area contributed by atoms with Crippen molar-refractivity contribution in [2.45, 2.75) is 19.3 Å². The number of methoxy groups -OCH3 is 2. The van der Waals surface area contributed by atoms with E-state index < -0.39 is 28.7 Å². The van der Waals surface area contributed by atoms with Crippen LogP contribution in [0.4, 0.5) is 5.69 Å². The average molecular weight is 323 g/mol. The van der Waals surface area contributed by atoms with Gasteiger partial charge in [0.05, 0.1) is 19.1 Å². The summed E-state index contributed by atoms with van der Waals surface area (Å²) in [6.07, 6.45) is -0.104. The quantitative estimate of drug-likeness (QED) is 0.324. The first-order chi connectivity index (χ1) is 10.8. The van der Waals surface area contributed by atoms with Crippen LogP contribution in [0.5, 0.6) is 0 Å². The van der Waals surface area contributed by atoms with Crippen LogP contribution in [0.25, 0.3) is 0 Å². The van der Waals surface area contributed by atoms with Gasteiger partial charge in [-0.15, -0.1) is 0 Å². The Balaban J connectivity index is 3.29. The number of esters is 2. The molecule has 0 fully saturated rings. The zero-order valence-corrected chi connectivity index (χ0v) is 13.0. The number of nitrogens with zero attached hydrogens (tertiary/aromatic N) is 1. The summed E-state index contributed by atoms with van der Waals surface area (Å²) >= 11 is 0. The predicted octanol–water partition coefficient (Wildman–Crippen LogP) is 1.62. The molecular weight excluding hydrogens is 306 g/mol. The molecule has 23 heavy (non-hydrogen) atoms. The molecule has 124 valence electrons. The number of nitro benzene ring substituents is 1. The van der Waals surface area contributed by atoms with Crippen LogP contribution in [0.3, 0.4) is 0 Å². The Morgan fingerprint density at radius 3 is 1.91 bits per heavy atom. The highest BCUT2D eigenvalue weighted by molar-refractivity contribution is 5.96. The third-order valence-corrected chi connectivity index (χ3v) is 3.35. The summed E-state index contributed by atoms with van der Waals surface area (Å²) in [4.78, 5) is 45.5. The number of carbonyl (C=O) groups excluding carboxylic acids is 3. The van der Waals surface area contributed by atoms with Crippen LogP contribution in [0.15, 0.2) is 24.3 Å². The molecule has 0 aliphatic carbocycles. The minimum atomic E-state index is -1.32. The molecule has 0 saturated heterocycles. The maximum Gasteiger partial charge on any atom is 0.320 e. The third kappa shape index (κ3) is 4.60. The maximum atomic E-state index is 11.9. The van der Waals surface area contributed by atoms with Crippen LogP contribution >= 0.6 is 0 Å². The van der Waals surface area contributed by atoms with E-state index in [9.17, 15) is 24.5 Å². The van der Waals surface area contributed by atoms with Gasteiger partial charge < -0.3 is 14.3 Å². The average Bonchev–Trinajstić information content (AvgIpc) is 2.53. The van der Waals surface area contributed by atoms with Crippen molar-refractivity contribution in [3.63, 3.8) is 0 Å². The molecule has 8 nitrogen and oxygen atoms in total. The highest BCUT2D eigenvalue weighted by Crippen LogP contribution is 2.31. The first kappa shape index (κ1) is 18.3. The van der Waals surface area contributed by atoms with Gasteiger partial charge in [-0.3, -0.25) is 19.7 Å². The first-order valence-corrected chi connectivity index (χ1v) is 6.71. The summed E-state index contributed by atoms with van der Waals surface area (Å²) in [5.74, 6) is -4.06. The van der Waals surface area contributed by atoms with Gasteiger partial charge in [-0.1, -0.05) is 12.1 Å². The fourth-order valence-electron chi connectivity index (χ4n) is 2.26. The number of ether oxygens (including phenoxy) is 2. The number of rotatable bonds is 7. The van der Waals surface area contributed by atoms with E-state index in [4.69, 9.17) is 0 Å². The van der Waals surface area contributed by atoms with Crippen molar-refractivity contribution in [3.8, 4) is 0 Å². The number of hydrogen-bond donors (Lipinski definition) is 0. The molecule has 0 amide bonds. The molecule has 0 aliphatic heterocycles. The van der Waals surface area contributed by atoms with Crippen LogP contribution in [0, 0.1) is 16.0 Å². The second-order valence-electron chi connectivity index (χ2n) is 4.89. The molecule has 0 radical (unpaired) electrons. The monoisotopic (exact) mass is 323 g/mol. The van der Waals surface area contributed by atoms with Crippen LogP contribution in [0.2, 0.25) is 0 Å². The highest BCUT2D eigenvalue weighted by Gasteiger charge is 2.38. The molecule has 0 aliphatic rings. The second kappa shape index (κ2) is 8.02. The van der Waals surface area contributed by atoms with E-state index in [1.807, 2.05) is 0 Å². The largest absolute Gasteiger partial charge is 0.468 e. The number of benzene rings is 1. The van der Waals surface area contributed by atoms with E-state index in [0.717, 1.165) is 14.2 Å². The minimum Gasteiger partial charge on any atom is -0.468 e. The Hall–Kier alpha value is -2.77. The summed E-state index contributed by atoms with van der Waals surface area (Å²) in [6, 6.07) is 5.30. The van der Waals surface area contributed by atoms with E-state index in [1.54, 1.807) is 0 Å². The van der Waals surface area contributed by atoms with Gasteiger partial charge in [-0.05, 0) is 12.5 Å². The van der Waals surface area contributed by atoms with Crippen LogP contribution in [0.1, 0.15) is 24.8 Å². The van der Waals surface area contributed by atoms with E-state index in [-0.39, 0.29) is 17.9 Å². The zero-order chi connectivity index (χ0) is 17.6. The number of Topliss-reactive ketones (excluding diaryl/α,β-unsaturated/α-hetero) is 1. The van der Waals surface area contributed by atoms with Gasteiger partial charge in [0.25, 0.3) is 5.69 Å². The molecule has 0 aromatic heterocycles. The fourth-order valence-corrected chi connectivity index (χ4v) is 2.26. The van der Waals surface area contributed by atoms with Crippen LogP contribution in [-0.2, 0) is 23.9 Å². The smallest absolute Gasteiger partial charge is 0.320 e. The third-order valence-electron chi connectivity index (χ3n) is 3.35. The number of non-ortho nitro benzene ring substituents is 1. The van der Waals surface area contributed by atoms with Gasteiger partial charge in [-0.2, -0.15) is 0 Å². The highest BCUT2D eigenvalue weighted by atomic mass is 16.6. The molecule has 0 N–H and O–H groups in total. The lowest BCUT2D eigenvalue weighted by atomic mass is 9.82. The van der Waals surface area contributed by atoms with Crippen molar-refractivity contribution in [2.24, 2.45) is 5.92 Å². The summed E-state index contributed by atoms with van der Waals surface area (Å²) in [6.45, 7) is 1.32. The van der Waals surface area contributed by atoms with Crippen LogP contribution < -0.4 is 0 Å². The zero-order valence-electron chi connectivity index (χ0n) is 13.0. The molecule has 1 unspecified atom stereocenters. The lowest BCUT2D eigenvalue weighted by Crippen LogP contribution is -2.33. The summed E-state index contributed by atoms with van der Waals surface area (Å²) in [7, 11) is 2.25. The van der Waals surface area contributed by atoms with E-state index >= 15 is 0 Å². The standard InChI is InChI=1S/C15H17NO7/c1-9(17)8-12(13(14(18)22-2)15(19)23-3)10-4-6-11(7-5-10)16(20)21/h4-7,12-13H,8H2,1-3H3. The Morgan fingerprint density at radius 1 is 1.09 bits per heavy atom. The van der Waals surface area contributed by atoms with E-state index in [1.165, 1.54) is 31.2 Å². The first-order valence-electron chi connectivity index (χ1n) is 6.71. The van der Waals surface area contributed by atoms with Crippen molar-refractivity contribution in [2.75, 3.05) is 14.2 Å². The molecule has 1 aromatic rings. The molecule has 0 saturated carbocycles. The molecule has 0 bridgehead atoms. The Labute approximate surface area is 132 Å². The minimum absolute atomic E-state index is 0.104. The maximum absolute atomic E-state index is 11.9. The molecule has 1 rings (SSSR count). The van der Waals surface area contributed by atoms with Crippen molar-refractivity contribution in [3.05, 3.63) is 39.9 Å². The van der Waals surface area contributed by atoms with Crippen molar-refractivity contribution in [1.82, 2.24) is 0 Å². The second-order valence-corrected chi connectivity index (χ2v) is 4.89. The van der Waals surface area contributed by atoms with Gasteiger partial charge in [0.15, 0.2) is 5.92 Å². The van der Waals surface area contributed by atoms with Crippen molar-refractivity contribution in [1.29, 1.82) is 0 Å². The lowest BCUT2D eigenvalue weighted by molar-refractivity contribution is -0.384. The Bertz CT molecular complexity index is 593. The summed E-state index contributed by atoms with van der Waals surface area (Å²) < 4.78 is 9.24. The fraction of sp³-hybridized carbons (Fsp3) is 0.400. The number of ketones is 1. The predicted molar refractivity (Wildman–Crippen MR) is 78.7 cm³/mol. The van der Waals surface area contributed by atoms with Gasteiger partial charge in [0.1, 0.15) is 5.78 Å². The SMILES string of the molecule is COC(=O)C(C(=O)OC)C(CC(C)=O)c1ccc([N+](=O)[O-])cc1. The summed E-state index contributed by atoms with van der Waals surface area (Å²) in [5.41, 5.74) is 0.301. The summed E-state index contributed by atoms with van der Waals surface area (Å²) in [5, 5.41) is 10.7. The number of nitro groups is 1. The topological polar surface area (TPSA) is 113 Å². The molecule has 8 heteroatoms. The molecular formula is C15H17NO7. The van der Waals surface area contributed by atoms with E-state index in [2.05, 4.69) is 9.47 Å². The van der Waals surface area contributed by atoms with Gasteiger partial charge in [-0.25, -0.2) is 0 Å². The lowest BCUT2D eigenvalue weighted by Gasteiger charge is -2.22. The molecule has 0 spiro atoms. The van der Waals surface area contributed by atoms with Gasteiger partial charge in [0.2, 0.25) is 0 Å². The van der Waals surface area contributed by atoms with E-state index in [0.29, 0.717) is 5.56 Å². The molecule has 1 aromatic carbocycles. The van der Waals surface area contributed by atoms with Crippen molar-refractivity contribution < 1.29 is 28.8 Å². The normalized spacial score (nSPS) is 11.7. The van der Waals surface area contributed by atoms with Crippen molar-refractivity contribution >= 4 is 23.4 Å². The Kier molecular flexibility index (Phi) is 6.37. The van der Waals surface area contributed by atoms with Crippen LogP contribution in [-0.4, -0.2) is 36.9 Å². The molecule has 1 atom stereocenters.